The van der Waals surface area contributed by atoms with Crippen LogP contribution in [0.2, 0.25) is 5.02 Å². The lowest BCUT2D eigenvalue weighted by Crippen LogP contribution is -2.27. The molecule has 0 spiro atoms. The maximum absolute atomic E-state index is 5.74. The molecule has 1 rings (SSSR count). The number of ether oxygens (including phenoxy) is 1. The summed E-state index contributed by atoms with van der Waals surface area (Å²) < 4.78 is 5.30. The molecule has 0 aliphatic rings. The van der Waals surface area contributed by atoms with Gasteiger partial charge in [0.2, 0.25) is 0 Å². The van der Waals surface area contributed by atoms with E-state index >= 15 is 0 Å². The first-order chi connectivity index (χ1) is 5.83. The Hall–Kier alpha value is -0.770. The molecular weight excluding hydrogens is 176 g/mol. The number of nitrogens with one attached hydrogen (secondary N) is 1. The summed E-state index contributed by atoms with van der Waals surface area (Å²) in [5.74, 6) is 5.83. The summed E-state index contributed by atoms with van der Waals surface area (Å²) in [4.78, 5) is 0. The molecule has 12 heavy (non-hydrogen) atoms. The van der Waals surface area contributed by atoms with Crippen molar-refractivity contribution in [3.63, 3.8) is 0 Å². The first kappa shape index (κ1) is 9.32. The van der Waals surface area contributed by atoms with Crippen molar-refractivity contribution in [2.75, 3.05) is 13.2 Å². The highest BCUT2D eigenvalue weighted by molar-refractivity contribution is 6.30. The molecule has 1 aromatic carbocycles. The molecule has 0 fully saturated rings. The molecule has 0 radical (unpaired) electrons. The van der Waals surface area contributed by atoms with Gasteiger partial charge in [0.15, 0.2) is 0 Å². The minimum absolute atomic E-state index is 0.539. The van der Waals surface area contributed by atoms with E-state index in [1.54, 1.807) is 12.1 Å². The second kappa shape index (κ2) is 4.98. The molecule has 0 saturated heterocycles. The van der Waals surface area contributed by atoms with Gasteiger partial charge in [0.05, 0.1) is 0 Å². The zero-order valence-electron chi connectivity index (χ0n) is 6.59. The van der Waals surface area contributed by atoms with E-state index in [9.17, 15) is 0 Å². The zero-order chi connectivity index (χ0) is 8.81. The summed E-state index contributed by atoms with van der Waals surface area (Å²) in [5, 5.41) is 0.674. The average Bonchev–Trinajstić information content (AvgIpc) is 2.05. The molecule has 0 aliphatic heterocycles. The monoisotopic (exact) mass is 186 g/mol. The fourth-order valence-corrected chi connectivity index (χ4v) is 0.965. The van der Waals surface area contributed by atoms with Crippen LogP contribution in [0.5, 0.6) is 5.75 Å². The van der Waals surface area contributed by atoms with Gasteiger partial charge >= 0.3 is 0 Å². The van der Waals surface area contributed by atoms with Gasteiger partial charge in [0, 0.05) is 11.6 Å². The third kappa shape index (κ3) is 3.09. The third-order valence-corrected chi connectivity index (χ3v) is 1.55. The van der Waals surface area contributed by atoms with Crippen LogP contribution in [0, 0.1) is 0 Å². The Labute approximate surface area is 76.4 Å². The van der Waals surface area contributed by atoms with E-state index < -0.39 is 0 Å². The first-order valence-corrected chi connectivity index (χ1v) is 4.02. The van der Waals surface area contributed by atoms with E-state index in [2.05, 4.69) is 5.43 Å². The molecule has 3 nitrogen and oxygen atoms in total. The van der Waals surface area contributed by atoms with Gasteiger partial charge in [-0.2, -0.15) is 0 Å². The van der Waals surface area contributed by atoms with E-state index in [0.717, 1.165) is 5.75 Å². The van der Waals surface area contributed by atoms with Crippen molar-refractivity contribution in [1.29, 1.82) is 0 Å². The Kier molecular flexibility index (Phi) is 3.87. The van der Waals surface area contributed by atoms with E-state index in [0.29, 0.717) is 18.2 Å². The van der Waals surface area contributed by atoms with E-state index in [4.69, 9.17) is 22.2 Å². The van der Waals surface area contributed by atoms with Gasteiger partial charge < -0.3 is 4.74 Å². The van der Waals surface area contributed by atoms with Crippen LogP contribution in [0.15, 0.2) is 24.3 Å². The third-order valence-electron chi connectivity index (χ3n) is 1.31. The molecule has 3 N–H and O–H groups in total. The molecule has 0 heterocycles. The highest BCUT2D eigenvalue weighted by atomic mass is 35.5. The second-order valence-electron chi connectivity index (χ2n) is 2.26. The summed E-state index contributed by atoms with van der Waals surface area (Å²) >= 11 is 5.74. The van der Waals surface area contributed by atoms with E-state index in [1.165, 1.54) is 0 Å². The van der Waals surface area contributed by atoms with Crippen LogP contribution >= 0.6 is 11.6 Å². The van der Waals surface area contributed by atoms with Gasteiger partial charge in [0.25, 0.3) is 0 Å². The smallest absolute Gasteiger partial charge is 0.120 e. The van der Waals surface area contributed by atoms with Gasteiger partial charge in [-0.15, -0.1) is 0 Å². The summed E-state index contributed by atoms with van der Waals surface area (Å²) in [6, 6.07) is 7.25. The molecule has 0 unspecified atom stereocenters. The Morgan fingerprint density at radius 1 is 1.50 bits per heavy atom. The lowest BCUT2D eigenvalue weighted by Gasteiger charge is -2.04. The van der Waals surface area contributed by atoms with Crippen molar-refractivity contribution in [3.05, 3.63) is 29.3 Å². The highest BCUT2D eigenvalue weighted by Gasteiger charge is 1.92. The SMILES string of the molecule is NNCCOc1cccc(Cl)c1. The number of hydrazine groups is 1. The van der Waals surface area contributed by atoms with Crippen molar-refractivity contribution in [2.24, 2.45) is 5.84 Å². The summed E-state index contributed by atoms with van der Waals surface area (Å²) in [6.45, 7) is 1.16. The fraction of sp³-hybridized carbons (Fsp3) is 0.250. The highest BCUT2D eigenvalue weighted by Crippen LogP contribution is 2.16. The summed E-state index contributed by atoms with van der Waals surface area (Å²) in [5.41, 5.74) is 2.49. The number of benzene rings is 1. The van der Waals surface area contributed by atoms with Crippen LogP contribution in [0.3, 0.4) is 0 Å². The Morgan fingerprint density at radius 2 is 2.33 bits per heavy atom. The maximum atomic E-state index is 5.74. The quantitative estimate of drug-likeness (QED) is 0.422. The lowest BCUT2D eigenvalue weighted by atomic mass is 10.3. The van der Waals surface area contributed by atoms with Crippen LogP contribution in [-0.2, 0) is 0 Å². The molecule has 0 saturated carbocycles. The zero-order valence-corrected chi connectivity index (χ0v) is 7.34. The predicted molar refractivity (Wildman–Crippen MR) is 49.1 cm³/mol. The Balaban J connectivity index is 2.41. The topological polar surface area (TPSA) is 47.3 Å². The first-order valence-electron chi connectivity index (χ1n) is 3.65. The summed E-state index contributed by atoms with van der Waals surface area (Å²) in [7, 11) is 0. The van der Waals surface area contributed by atoms with Gasteiger partial charge in [-0.25, -0.2) is 0 Å². The molecule has 0 amide bonds. The second-order valence-corrected chi connectivity index (χ2v) is 2.70. The van der Waals surface area contributed by atoms with Crippen LogP contribution in [-0.4, -0.2) is 13.2 Å². The number of halogens is 1. The number of nitrogens with two attached hydrogens (primary N) is 1. The van der Waals surface area contributed by atoms with Gasteiger partial charge in [-0.05, 0) is 18.2 Å². The largest absolute Gasteiger partial charge is 0.492 e. The van der Waals surface area contributed by atoms with Gasteiger partial charge in [-0.3, -0.25) is 11.3 Å². The van der Waals surface area contributed by atoms with Crippen molar-refractivity contribution in [2.45, 2.75) is 0 Å². The van der Waals surface area contributed by atoms with Crippen molar-refractivity contribution in [1.82, 2.24) is 5.43 Å². The van der Waals surface area contributed by atoms with Crippen molar-refractivity contribution >= 4 is 11.6 Å². The molecular formula is C8H11ClN2O. The molecule has 66 valence electrons. The van der Waals surface area contributed by atoms with Crippen LogP contribution in [0.25, 0.3) is 0 Å². The standard InChI is InChI=1S/C8H11ClN2O/c9-7-2-1-3-8(6-7)12-5-4-11-10/h1-3,6,11H,4-5,10H2. The van der Waals surface area contributed by atoms with Gasteiger partial charge in [0.1, 0.15) is 12.4 Å². The molecule has 0 bridgehead atoms. The number of hydrogen-bond acceptors (Lipinski definition) is 3. The molecule has 0 atom stereocenters. The normalized spacial score (nSPS) is 9.83. The van der Waals surface area contributed by atoms with Crippen molar-refractivity contribution in [3.8, 4) is 5.75 Å². The lowest BCUT2D eigenvalue weighted by molar-refractivity contribution is 0.315. The van der Waals surface area contributed by atoms with Crippen LogP contribution in [0.4, 0.5) is 0 Å². The number of hydrogen-bond donors (Lipinski definition) is 2. The van der Waals surface area contributed by atoms with Crippen molar-refractivity contribution < 1.29 is 4.74 Å². The van der Waals surface area contributed by atoms with E-state index in [-0.39, 0.29) is 0 Å². The minimum Gasteiger partial charge on any atom is -0.492 e. The maximum Gasteiger partial charge on any atom is 0.120 e. The molecule has 1 aromatic rings. The predicted octanol–water partition coefficient (Wildman–Crippen LogP) is 1.18. The minimum atomic E-state index is 0.539. The van der Waals surface area contributed by atoms with Crippen LogP contribution in [0.1, 0.15) is 0 Å². The Morgan fingerprint density at radius 3 is 3.00 bits per heavy atom. The fourth-order valence-electron chi connectivity index (χ4n) is 0.785. The number of rotatable bonds is 4. The van der Waals surface area contributed by atoms with E-state index in [1.807, 2.05) is 12.1 Å². The Bertz CT molecular complexity index is 242. The molecule has 0 aromatic heterocycles. The molecule has 4 heteroatoms. The average molecular weight is 187 g/mol. The van der Waals surface area contributed by atoms with Gasteiger partial charge in [-0.1, -0.05) is 17.7 Å². The van der Waals surface area contributed by atoms with Crippen LogP contribution < -0.4 is 16.0 Å². The molecule has 0 aliphatic carbocycles. The summed E-state index contributed by atoms with van der Waals surface area (Å²) in [6.07, 6.45) is 0.